The molecule has 6 heterocycles. The van der Waals surface area contributed by atoms with Crippen LogP contribution in [0.2, 0.25) is 0 Å². The Hall–Kier alpha value is -5.60. The number of piperazine rings is 1. The average Bonchev–Trinajstić information content (AvgIpc) is 3.76. The predicted octanol–water partition coefficient (Wildman–Crippen LogP) is 1.94. The van der Waals surface area contributed by atoms with Gasteiger partial charge in [0, 0.05) is 44.6 Å². The second kappa shape index (κ2) is 10.8. The molecule has 214 valence electrons. The molecule has 0 aliphatic carbocycles. The van der Waals surface area contributed by atoms with E-state index in [9.17, 15) is 14.4 Å². The number of methoxy groups -OCH3 is 1. The fraction of sp³-hybridized carbons (Fsp3) is 0.259. The van der Waals surface area contributed by atoms with Crippen LogP contribution in [0.3, 0.4) is 0 Å². The molecular weight excluding hydrogens is 544 g/mol. The number of nitrogens with one attached hydrogen (secondary N) is 2. The molecule has 42 heavy (non-hydrogen) atoms. The smallest absolute Gasteiger partial charge is 0.295 e. The number of pyridine rings is 2. The molecule has 0 atom stereocenters. The van der Waals surface area contributed by atoms with E-state index in [0.717, 1.165) is 0 Å². The van der Waals surface area contributed by atoms with Crippen molar-refractivity contribution in [1.29, 1.82) is 0 Å². The van der Waals surface area contributed by atoms with E-state index in [0.29, 0.717) is 64.3 Å². The summed E-state index contributed by atoms with van der Waals surface area (Å²) in [5, 5.41) is 11.2. The van der Waals surface area contributed by atoms with Crippen molar-refractivity contribution >= 4 is 40.1 Å². The van der Waals surface area contributed by atoms with Crippen LogP contribution in [0.5, 0.6) is 5.75 Å². The van der Waals surface area contributed by atoms with Gasteiger partial charge in [0.15, 0.2) is 11.6 Å². The number of Topliss-reactive ketones (excluding diaryl/α,β-unsaturated/α-hetero) is 1. The zero-order valence-electron chi connectivity index (χ0n) is 23.0. The Morgan fingerprint density at radius 2 is 1.86 bits per heavy atom. The van der Waals surface area contributed by atoms with Gasteiger partial charge in [-0.2, -0.15) is 5.10 Å². The Labute approximate surface area is 238 Å². The third-order valence-electron chi connectivity index (χ3n) is 6.90. The van der Waals surface area contributed by atoms with Crippen molar-refractivity contribution in [2.24, 2.45) is 0 Å². The lowest BCUT2D eigenvalue weighted by atomic mass is 10.1. The molecule has 0 radical (unpaired) electrons. The van der Waals surface area contributed by atoms with Gasteiger partial charge in [-0.25, -0.2) is 19.6 Å². The molecule has 1 saturated heterocycles. The first-order chi connectivity index (χ1) is 20.3. The molecule has 2 amide bonds. The Morgan fingerprint density at radius 3 is 2.55 bits per heavy atom. The first kappa shape index (κ1) is 26.6. The molecule has 0 aromatic carbocycles. The predicted molar refractivity (Wildman–Crippen MR) is 149 cm³/mol. The number of aromatic amines is 1. The second-order valence-corrected chi connectivity index (χ2v) is 9.60. The summed E-state index contributed by atoms with van der Waals surface area (Å²) in [7, 11) is 1.47. The van der Waals surface area contributed by atoms with Crippen molar-refractivity contribution in [2.45, 2.75) is 13.8 Å². The highest BCUT2D eigenvalue weighted by atomic mass is 16.5. The highest BCUT2D eigenvalue weighted by molar-refractivity contribution is 6.45. The third kappa shape index (κ3) is 4.80. The molecule has 1 aliphatic rings. The number of carbonyl (C=O) groups excluding carboxylic acids is 3. The Morgan fingerprint density at radius 1 is 1.05 bits per heavy atom. The molecule has 0 spiro atoms. The van der Waals surface area contributed by atoms with Gasteiger partial charge < -0.3 is 29.4 Å². The number of ether oxygens (including phenoxy) is 1. The molecule has 15 nitrogen and oxygen atoms in total. The van der Waals surface area contributed by atoms with Gasteiger partial charge in [0.2, 0.25) is 0 Å². The molecule has 0 saturated carbocycles. The van der Waals surface area contributed by atoms with Crippen molar-refractivity contribution in [3.05, 3.63) is 65.8 Å². The van der Waals surface area contributed by atoms with Crippen LogP contribution in [0.15, 0.2) is 47.6 Å². The SMILES string of the molecule is COc1cnc(-n2cnc(C)n2)c2[nH]cc(C(=O)C(=O)N3CCN(c4ncccc4C(=O)Nc4cc(C)on4)CC3)c12. The van der Waals surface area contributed by atoms with Crippen molar-refractivity contribution in [1.82, 2.24) is 39.8 Å². The third-order valence-corrected chi connectivity index (χ3v) is 6.90. The lowest BCUT2D eigenvalue weighted by Crippen LogP contribution is -2.51. The van der Waals surface area contributed by atoms with Gasteiger partial charge in [-0.1, -0.05) is 5.16 Å². The van der Waals surface area contributed by atoms with Gasteiger partial charge in [0.25, 0.3) is 17.6 Å². The summed E-state index contributed by atoms with van der Waals surface area (Å²) in [6, 6.07) is 4.95. The average molecular weight is 571 g/mol. The number of hydrogen-bond donors (Lipinski definition) is 2. The number of amides is 2. The van der Waals surface area contributed by atoms with E-state index in [-0.39, 0.29) is 24.6 Å². The van der Waals surface area contributed by atoms with Crippen LogP contribution in [0.4, 0.5) is 11.6 Å². The van der Waals surface area contributed by atoms with E-state index in [1.54, 1.807) is 38.2 Å². The molecule has 2 N–H and O–H groups in total. The first-order valence-corrected chi connectivity index (χ1v) is 13.0. The number of fused-ring (bicyclic) bond motifs is 1. The maximum Gasteiger partial charge on any atom is 0.295 e. The molecule has 0 bridgehead atoms. The largest absolute Gasteiger partial charge is 0.494 e. The van der Waals surface area contributed by atoms with E-state index < -0.39 is 11.7 Å². The summed E-state index contributed by atoms with van der Waals surface area (Å²) in [5.41, 5.74) is 1.01. The standard InChI is InChI=1S/C27H26N10O5/c1-15-11-20(34-42-15)32-26(39)17-5-4-6-28-24(17)35-7-9-36(10-8-35)27(40)23(38)18-12-29-22-21(18)19(41-3)13-30-25(22)37-14-31-16(2)33-37/h4-6,11-14,29H,7-10H2,1-3H3,(H,32,34,39). The van der Waals surface area contributed by atoms with Crippen LogP contribution in [-0.2, 0) is 4.79 Å². The van der Waals surface area contributed by atoms with Crippen LogP contribution in [-0.4, -0.2) is 90.7 Å². The molecule has 1 aliphatic heterocycles. The fourth-order valence-electron chi connectivity index (χ4n) is 4.88. The highest BCUT2D eigenvalue weighted by Crippen LogP contribution is 2.32. The van der Waals surface area contributed by atoms with Crippen molar-refractivity contribution < 1.29 is 23.6 Å². The molecule has 6 rings (SSSR count). The van der Waals surface area contributed by atoms with E-state index in [1.807, 2.05) is 4.90 Å². The van der Waals surface area contributed by atoms with Crippen molar-refractivity contribution in [3.63, 3.8) is 0 Å². The summed E-state index contributed by atoms with van der Waals surface area (Å²) in [6.07, 6.45) is 6.07. The Kier molecular flexibility index (Phi) is 6.82. The lowest BCUT2D eigenvalue weighted by Gasteiger charge is -2.35. The Balaban J connectivity index is 1.19. The second-order valence-electron chi connectivity index (χ2n) is 9.60. The van der Waals surface area contributed by atoms with Gasteiger partial charge in [-0.3, -0.25) is 14.4 Å². The van der Waals surface area contributed by atoms with Gasteiger partial charge >= 0.3 is 0 Å². The van der Waals surface area contributed by atoms with Crippen LogP contribution in [0.25, 0.3) is 16.7 Å². The zero-order chi connectivity index (χ0) is 29.4. The highest BCUT2D eigenvalue weighted by Gasteiger charge is 2.31. The van der Waals surface area contributed by atoms with E-state index in [1.165, 1.54) is 35.4 Å². The minimum absolute atomic E-state index is 0.168. The van der Waals surface area contributed by atoms with Crippen molar-refractivity contribution in [3.8, 4) is 11.6 Å². The molecule has 5 aromatic heterocycles. The minimum atomic E-state index is -0.680. The minimum Gasteiger partial charge on any atom is -0.494 e. The van der Waals surface area contributed by atoms with Crippen LogP contribution >= 0.6 is 0 Å². The molecule has 1 fully saturated rings. The normalized spacial score (nSPS) is 13.4. The van der Waals surface area contributed by atoms with Gasteiger partial charge in [0.1, 0.15) is 29.5 Å². The summed E-state index contributed by atoms with van der Waals surface area (Å²) < 4.78 is 12.0. The number of ketones is 1. The maximum absolute atomic E-state index is 13.5. The topological polar surface area (TPSA) is 177 Å². The summed E-state index contributed by atoms with van der Waals surface area (Å²) in [4.78, 5) is 59.3. The summed E-state index contributed by atoms with van der Waals surface area (Å²) >= 11 is 0. The van der Waals surface area contributed by atoms with E-state index >= 15 is 0 Å². The molecule has 5 aromatic rings. The summed E-state index contributed by atoms with van der Waals surface area (Å²) in [6.45, 7) is 4.74. The number of nitrogens with zero attached hydrogens (tertiary/aromatic N) is 8. The van der Waals surface area contributed by atoms with Gasteiger partial charge in [-0.15, -0.1) is 0 Å². The quantitative estimate of drug-likeness (QED) is 0.216. The molecule has 0 unspecified atom stereocenters. The van der Waals surface area contributed by atoms with Crippen LogP contribution in [0, 0.1) is 13.8 Å². The lowest BCUT2D eigenvalue weighted by molar-refractivity contribution is -0.126. The molecular formula is C27H26N10O5. The van der Waals surface area contributed by atoms with Gasteiger partial charge in [-0.05, 0) is 26.0 Å². The van der Waals surface area contributed by atoms with Gasteiger partial charge in [0.05, 0.1) is 35.3 Å². The number of hydrogen-bond acceptors (Lipinski definition) is 11. The zero-order valence-corrected chi connectivity index (χ0v) is 23.0. The molecule has 15 heteroatoms. The van der Waals surface area contributed by atoms with E-state index in [2.05, 4.69) is 35.5 Å². The maximum atomic E-state index is 13.5. The number of aryl methyl sites for hydroxylation is 2. The monoisotopic (exact) mass is 570 g/mol. The van der Waals surface area contributed by atoms with Crippen LogP contribution in [0.1, 0.15) is 32.3 Å². The number of H-pyrrole nitrogens is 1. The van der Waals surface area contributed by atoms with Crippen molar-refractivity contribution in [2.75, 3.05) is 43.5 Å². The number of carbonyl (C=O) groups is 3. The number of aromatic nitrogens is 7. The fourth-order valence-corrected chi connectivity index (χ4v) is 4.88. The number of rotatable bonds is 7. The Bertz CT molecular complexity index is 1810. The summed E-state index contributed by atoms with van der Waals surface area (Å²) in [5.74, 6) is 0.946. The number of anilines is 2. The van der Waals surface area contributed by atoms with Crippen LogP contribution < -0.4 is 15.0 Å². The first-order valence-electron chi connectivity index (χ1n) is 13.0. The van der Waals surface area contributed by atoms with E-state index in [4.69, 9.17) is 9.26 Å².